The quantitative estimate of drug-likeness (QED) is 0.731. The Hall–Kier alpha value is -0.830. The second kappa shape index (κ2) is 4.79. The Morgan fingerprint density at radius 1 is 1.40 bits per heavy atom. The van der Waals surface area contributed by atoms with E-state index in [4.69, 9.17) is 0 Å². The maximum absolute atomic E-state index is 4.54. The fraction of sp³-hybridized carbons (Fsp3) is 0.500. The van der Waals surface area contributed by atoms with Gasteiger partial charge in [0.2, 0.25) is 0 Å². The van der Waals surface area contributed by atoms with E-state index < -0.39 is 0 Å². The molecule has 0 unspecified atom stereocenters. The summed E-state index contributed by atoms with van der Waals surface area (Å²) in [5.74, 6) is 0. The molecule has 1 aromatic rings. The number of nitrogens with zero attached hydrogens (tertiary/aromatic N) is 2. The highest BCUT2D eigenvalue weighted by molar-refractivity contribution is 7.99. The van der Waals surface area contributed by atoms with Crippen molar-refractivity contribution in [3.05, 3.63) is 23.9 Å². The monoisotopic (exact) mass is 220 g/mol. The normalized spacial score (nSPS) is 15.8. The molecule has 1 aliphatic heterocycles. The number of aliphatic imine (C=N–C) groups is 1. The molecule has 15 heavy (non-hydrogen) atoms. The zero-order chi connectivity index (χ0) is 10.7. The number of thioether (sulfide) groups is 1. The molecular weight excluding hydrogens is 204 g/mol. The lowest BCUT2D eigenvalue weighted by molar-refractivity contribution is 0.950. The Morgan fingerprint density at radius 3 is 2.93 bits per heavy atom. The third kappa shape index (κ3) is 2.59. The van der Waals surface area contributed by atoms with Gasteiger partial charge in [0.1, 0.15) is 5.03 Å². The molecule has 0 atom stereocenters. The molecule has 1 aliphatic rings. The summed E-state index contributed by atoms with van der Waals surface area (Å²) in [6, 6.07) is 4.14. The fourth-order valence-corrected chi connectivity index (χ4v) is 2.57. The lowest BCUT2D eigenvalue weighted by atomic mass is 10.1. The smallest absolute Gasteiger partial charge is 0.105 e. The molecule has 0 spiro atoms. The maximum Gasteiger partial charge on any atom is 0.105 e. The van der Waals surface area contributed by atoms with Gasteiger partial charge in [0.25, 0.3) is 0 Å². The van der Waals surface area contributed by atoms with Gasteiger partial charge >= 0.3 is 0 Å². The summed E-state index contributed by atoms with van der Waals surface area (Å²) in [6.07, 6.45) is 4.16. The molecular formula is C12H16N2S. The van der Waals surface area contributed by atoms with Crippen LogP contribution in [0.3, 0.4) is 0 Å². The number of hydrogen-bond donors (Lipinski definition) is 0. The predicted octanol–water partition coefficient (Wildman–Crippen LogP) is 3.17. The van der Waals surface area contributed by atoms with E-state index in [9.17, 15) is 0 Å². The van der Waals surface area contributed by atoms with Gasteiger partial charge in [0, 0.05) is 29.3 Å². The van der Waals surface area contributed by atoms with Crippen LogP contribution >= 0.6 is 11.8 Å². The summed E-state index contributed by atoms with van der Waals surface area (Å²) in [5, 5.41) is 1.70. The van der Waals surface area contributed by atoms with Gasteiger partial charge < -0.3 is 0 Å². The first kappa shape index (κ1) is 10.7. The average Bonchev–Trinajstić information content (AvgIpc) is 2.70. The first-order valence-corrected chi connectivity index (χ1v) is 6.30. The van der Waals surface area contributed by atoms with Crippen LogP contribution in [0.5, 0.6) is 0 Å². The van der Waals surface area contributed by atoms with Gasteiger partial charge in [-0.25, -0.2) is 4.98 Å². The molecule has 2 rings (SSSR count). The standard InChI is InChI=1S/C12H16N2S/c1-9(2)15-12-10(5-3-8-14-12)11-6-4-7-13-11/h3,5,8-9H,4,6-7H2,1-2H3. The van der Waals surface area contributed by atoms with Crippen molar-refractivity contribution < 1.29 is 0 Å². The van der Waals surface area contributed by atoms with E-state index in [1.54, 1.807) is 0 Å². The minimum Gasteiger partial charge on any atom is -0.289 e. The zero-order valence-electron chi connectivity index (χ0n) is 9.23. The Bertz CT molecular complexity index is 372. The van der Waals surface area contributed by atoms with Crippen molar-refractivity contribution in [2.24, 2.45) is 4.99 Å². The van der Waals surface area contributed by atoms with E-state index in [1.165, 1.54) is 17.7 Å². The van der Waals surface area contributed by atoms with E-state index in [0.717, 1.165) is 18.0 Å². The lowest BCUT2D eigenvalue weighted by Crippen LogP contribution is -2.01. The molecule has 0 fully saturated rings. The summed E-state index contributed by atoms with van der Waals surface area (Å²) >= 11 is 1.82. The number of hydrogen-bond acceptors (Lipinski definition) is 3. The predicted molar refractivity (Wildman–Crippen MR) is 65.9 cm³/mol. The lowest BCUT2D eigenvalue weighted by Gasteiger charge is -2.09. The van der Waals surface area contributed by atoms with Crippen LogP contribution in [0, 0.1) is 0 Å². The second-order valence-corrected chi connectivity index (χ2v) is 5.52. The molecule has 2 heterocycles. The van der Waals surface area contributed by atoms with Crippen LogP contribution in [-0.4, -0.2) is 22.5 Å². The molecule has 1 aromatic heterocycles. The summed E-state index contributed by atoms with van der Waals surface area (Å²) in [7, 11) is 0. The van der Waals surface area contributed by atoms with E-state index >= 15 is 0 Å². The number of pyridine rings is 1. The van der Waals surface area contributed by atoms with Crippen LogP contribution in [-0.2, 0) is 0 Å². The van der Waals surface area contributed by atoms with E-state index in [-0.39, 0.29) is 0 Å². The number of rotatable bonds is 3. The summed E-state index contributed by atoms with van der Waals surface area (Å²) < 4.78 is 0. The van der Waals surface area contributed by atoms with Crippen molar-refractivity contribution in [3.8, 4) is 0 Å². The molecule has 0 aliphatic carbocycles. The molecule has 0 aromatic carbocycles. The molecule has 0 radical (unpaired) electrons. The van der Waals surface area contributed by atoms with Crippen molar-refractivity contribution >= 4 is 17.5 Å². The van der Waals surface area contributed by atoms with Gasteiger partial charge in [-0.1, -0.05) is 13.8 Å². The van der Waals surface area contributed by atoms with Gasteiger partial charge in [0.15, 0.2) is 0 Å². The van der Waals surface area contributed by atoms with Crippen LogP contribution in [0.2, 0.25) is 0 Å². The zero-order valence-corrected chi connectivity index (χ0v) is 10.0. The molecule has 2 nitrogen and oxygen atoms in total. The Morgan fingerprint density at radius 2 is 2.27 bits per heavy atom. The fourth-order valence-electron chi connectivity index (χ4n) is 1.69. The minimum absolute atomic E-state index is 0.570. The third-order valence-electron chi connectivity index (χ3n) is 2.30. The highest BCUT2D eigenvalue weighted by Crippen LogP contribution is 2.26. The van der Waals surface area contributed by atoms with Gasteiger partial charge in [-0.3, -0.25) is 4.99 Å². The minimum atomic E-state index is 0.570. The van der Waals surface area contributed by atoms with Crippen LogP contribution in [0.1, 0.15) is 32.3 Å². The Kier molecular flexibility index (Phi) is 3.41. The molecule has 0 saturated carbocycles. The van der Waals surface area contributed by atoms with Crippen LogP contribution in [0.4, 0.5) is 0 Å². The van der Waals surface area contributed by atoms with Crippen molar-refractivity contribution in [3.63, 3.8) is 0 Å². The van der Waals surface area contributed by atoms with Gasteiger partial charge in [-0.2, -0.15) is 0 Å². The topological polar surface area (TPSA) is 25.2 Å². The van der Waals surface area contributed by atoms with Gasteiger partial charge in [-0.05, 0) is 25.0 Å². The first-order valence-electron chi connectivity index (χ1n) is 5.43. The van der Waals surface area contributed by atoms with Crippen molar-refractivity contribution in [1.29, 1.82) is 0 Å². The summed E-state index contributed by atoms with van der Waals surface area (Å²) in [5.41, 5.74) is 2.49. The molecule has 0 bridgehead atoms. The number of aromatic nitrogens is 1. The van der Waals surface area contributed by atoms with E-state index in [1.807, 2.05) is 24.0 Å². The van der Waals surface area contributed by atoms with Crippen LogP contribution in [0.25, 0.3) is 0 Å². The maximum atomic E-state index is 4.54. The average molecular weight is 220 g/mol. The molecule has 80 valence electrons. The van der Waals surface area contributed by atoms with E-state index in [2.05, 4.69) is 29.9 Å². The van der Waals surface area contributed by atoms with Gasteiger partial charge in [0.05, 0.1) is 0 Å². The summed E-state index contributed by atoms with van der Waals surface area (Å²) in [4.78, 5) is 8.98. The van der Waals surface area contributed by atoms with Crippen LogP contribution in [0.15, 0.2) is 28.3 Å². The SMILES string of the molecule is CC(C)Sc1ncccc1C1=NCCC1. The van der Waals surface area contributed by atoms with Crippen molar-refractivity contribution in [1.82, 2.24) is 4.98 Å². The molecule has 0 N–H and O–H groups in total. The largest absolute Gasteiger partial charge is 0.289 e. The molecule has 3 heteroatoms. The third-order valence-corrected chi connectivity index (χ3v) is 3.32. The van der Waals surface area contributed by atoms with Gasteiger partial charge in [-0.15, -0.1) is 11.8 Å². The first-order chi connectivity index (χ1) is 7.27. The molecule has 0 amide bonds. The van der Waals surface area contributed by atoms with E-state index in [0.29, 0.717) is 5.25 Å². The molecule has 0 saturated heterocycles. The second-order valence-electron chi connectivity index (χ2n) is 3.95. The highest BCUT2D eigenvalue weighted by Gasteiger charge is 2.14. The van der Waals surface area contributed by atoms with Crippen molar-refractivity contribution in [2.75, 3.05) is 6.54 Å². The van der Waals surface area contributed by atoms with Crippen molar-refractivity contribution in [2.45, 2.75) is 37.0 Å². The van der Waals surface area contributed by atoms with Crippen LogP contribution < -0.4 is 0 Å². The highest BCUT2D eigenvalue weighted by atomic mass is 32.2. The Balaban J connectivity index is 2.29. The Labute approximate surface area is 95.2 Å². The summed E-state index contributed by atoms with van der Waals surface area (Å²) in [6.45, 7) is 5.37.